The van der Waals surface area contributed by atoms with Gasteiger partial charge < -0.3 is 20.4 Å². The highest BCUT2D eigenvalue weighted by atomic mass is 16.6. The van der Waals surface area contributed by atoms with Crippen LogP contribution in [0.4, 0.5) is 4.79 Å². The number of amides is 1. The highest BCUT2D eigenvalue weighted by molar-refractivity contribution is 5.67. The molecule has 6 nitrogen and oxygen atoms in total. The SMILES string of the molecule is CC(C)(C)OC(=O)NCC1CCCC2(C1)NCCc1[nH]cnc12. The Morgan fingerprint density at radius 3 is 3.13 bits per heavy atom. The monoisotopic (exact) mass is 320 g/mol. The van der Waals surface area contributed by atoms with Crippen molar-refractivity contribution >= 4 is 6.09 Å². The van der Waals surface area contributed by atoms with Crippen LogP contribution in [0.1, 0.15) is 57.8 Å². The number of fused-ring (bicyclic) bond motifs is 2. The van der Waals surface area contributed by atoms with Gasteiger partial charge in [0.15, 0.2) is 0 Å². The second kappa shape index (κ2) is 6.15. The summed E-state index contributed by atoms with van der Waals surface area (Å²) in [5.41, 5.74) is 1.98. The molecule has 3 N–H and O–H groups in total. The van der Waals surface area contributed by atoms with Crippen molar-refractivity contribution in [2.24, 2.45) is 5.92 Å². The zero-order valence-corrected chi connectivity index (χ0v) is 14.4. The van der Waals surface area contributed by atoms with Crippen LogP contribution in [-0.2, 0) is 16.7 Å². The number of hydrogen-bond acceptors (Lipinski definition) is 4. The number of ether oxygens (including phenoxy) is 1. The molecule has 23 heavy (non-hydrogen) atoms. The Balaban J connectivity index is 1.61. The fraction of sp³-hybridized carbons (Fsp3) is 0.765. The Kier molecular flexibility index (Phi) is 4.36. The predicted octanol–water partition coefficient (Wildman–Crippen LogP) is 2.47. The maximum Gasteiger partial charge on any atom is 0.407 e. The lowest BCUT2D eigenvalue weighted by Crippen LogP contribution is -2.51. The van der Waals surface area contributed by atoms with E-state index < -0.39 is 5.60 Å². The van der Waals surface area contributed by atoms with Gasteiger partial charge in [0, 0.05) is 25.2 Å². The smallest absolute Gasteiger partial charge is 0.407 e. The molecule has 3 rings (SSSR count). The van der Waals surface area contributed by atoms with Gasteiger partial charge in [0.2, 0.25) is 0 Å². The van der Waals surface area contributed by atoms with Gasteiger partial charge in [-0.2, -0.15) is 0 Å². The van der Waals surface area contributed by atoms with Crippen molar-refractivity contribution in [2.45, 2.75) is 64.0 Å². The van der Waals surface area contributed by atoms with E-state index in [9.17, 15) is 4.79 Å². The van der Waals surface area contributed by atoms with Crippen molar-refractivity contribution in [3.8, 4) is 0 Å². The number of nitrogens with zero attached hydrogens (tertiary/aromatic N) is 1. The molecule has 1 spiro atoms. The average molecular weight is 320 g/mol. The molecule has 0 aromatic carbocycles. The van der Waals surface area contributed by atoms with Crippen molar-refractivity contribution in [3.63, 3.8) is 0 Å². The number of rotatable bonds is 2. The molecule has 1 aliphatic heterocycles. The molecule has 128 valence electrons. The number of aromatic nitrogens is 2. The Labute approximate surface area is 137 Å². The molecule has 0 saturated heterocycles. The molecule has 2 heterocycles. The van der Waals surface area contributed by atoms with Gasteiger partial charge in [-0.25, -0.2) is 9.78 Å². The molecule has 1 aromatic heterocycles. The quantitative estimate of drug-likeness (QED) is 0.782. The normalized spacial score (nSPS) is 27.5. The third-order valence-electron chi connectivity index (χ3n) is 4.80. The van der Waals surface area contributed by atoms with E-state index in [1.165, 1.54) is 11.4 Å². The van der Waals surface area contributed by atoms with Gasteiger partial charge in [0.1, 0.15) is 5.60 Å². The molecule has 1 aromatic rings. The number of H-pyrrole nitrogens is 1. The van der Waals surface area contributed by atoms with Gasteiger partial charge in [-0.1, -0.05) is 6.42 Å². The van der Waals surface area contributed by atoms with Gasteiger partial charge in [-0.05, 0) is 46.0 Å². The summed E-state index contributed by atoms with van der Waals surface area (Å²) in [4.78, 5) is 19.7. The molecular formula is C17H28N4O2. The summed E-state index contributed by atoms with van der Waals surface area (Å²) in [5, 5.41) is 6.64. The van der Waals surface area contributed by atoms with E-state index in [1.54, 1.807) is 0 Å². The lowest BCUT2D eigenvalue weighted by molar-refractivity contribution is 0.0505. The topological polar surface area (TPSA) is 79.0 Å². The van der Waals surface area contributed by atoms with Crippen LogP contribution >= 0.6 is 0 Å². The van der Waals surface area contributed by atoms with Crippen LogP contribution in [0.15, 0.2) is 6.33 Å². The Bertz CT molecular complexity index is 563. The van der Waals surface area contributed by atoms with Crippen LogP contribution in [0.2, 0.25) is 0 Å². The van der Waals surface area contributed by atoms with Crippen molar-refractivity contribution in [1.82, 2.24) is 20.6 Å². The van der Waals surface area contributed by atoms with E-state index >= 15 is 0 Å². The molecule has 1 aliphatic carbocycles. The van der Waals surface area contributed by atoms with Gasteiger partial charge in [0.05, 0.1) is 17.6 Å². The van der Waals surface area contributed by atoms with Crippen LogP contribution in [0.25, 0.3) is 0 Å². The first kappa shape index (κ1) is 16.3. The average Bonchev–Trinajstić information content (AvgIpc) is 2.94. The first-order valence-corrected chi connectivity index (χ1v) is 8.63. The predicted molar refractivity (Wildman–Crippen MR) is 88.2 cm³/mol. The molecule has 2 unspecified atom stereocenters. The summed E-state index contributed by atoms with van der Waals surface area (Å²) >= 11 is 0. The molecule has 6 heteroatoms. The molecule has 1 fully saturated rings. The number of aromatic amines is 1. The Morgan fingerprint density at radius 1 is 1.52 bits per heavy atom. The standard InChI is InChI=1S/C17H28N4O2/c1-16(2,3)23-15(22)18-10-12-5-4-7-17(9-12)14-13(6-8-21-17)19-11-20-14/h11-12,21H,4-10H2,1-3H3,(H,18,22)(H,19,20). The van der Waals surface area contributed by atoms with Gasteiger partial charge in [-0.15, -0.1) is 0 Å². The number of hydrogen-bond donors (Lipinski definition) is 3. The van der Waals surface area contributed by atoms with E-state index in [-0.39, 0.29) is 11.6 Å². The second-order valence-electron chi connectivity index (χ2n) is 7.83. The summed E-state index contributed by atoms with van der Waals surface area (Å²) < 4.78 is 5.33. The number of carbonyl (C=O) groups excluding carboxylic acids is 1. The largest absolute Gasteiger partial charge is 0.444 e. The first-order valence-electron chi connectivity index (χ1n) is 8.63. The van der Waals surface area contributed by atoms with E-state index in [0.717, 1.165) is 38.6 Å². The summed E-state index contributed by atoms with van der Waals surface area (Å²) in [5.74, 6) is 0.450. The van der Waals surface area contributed by atoms with Crippen LogP contribution < -0.4 is 10.6 Å². The number of alkyl carbamates (subject to hydrolysis) is 1. The lowest BCUT2D eigenvalue weighted by atomic mass is 9.72. The van der Waals surface area contributed by atoms with Crippen LogP contribution in [0, 0.1) is 5.92 Å². The van der Waals surface area contributed by atoms with E-state index in [0.29, 0.717) is 12.5 Å². The van der Waals surface area contributed by atoms with Crippen molar-refractivity contribution < 1.29 is 9.53 Å². The van der Waals surface area contributed by atoms with E-state index in [2.05, 4.69) is 20.6 Å². The summed E-state index contributed by atoms with van der Waals surface area (Å²) in [6.45, 7) is 7.30. The number of imidazole rings is 1. The zero-order chi connectivity index (χ0) is 16.5. The summed E-state index contributed by atoms with van der Waals surface area (Å²) in [7, 11) is 0. The van der Waals surface area contributed by atoms with Crippen molar-refractivity contribution in [2.75, 3.05) is 13.1 Å². The Morgan fingerprint density at radius 2 is 2.35 bits per heavy atom. The number of nitrogens with one attached hydrogen (secondary N) is 3. The van der Waals surface area contributed by atoms with Crippen molar-refractivity contribution in [3.05, 3.63) is 17.7 Å². The maximum absolute atomic E-state index is 11.9. The first-order chi connectivity index (χ1) is 10.9. The minimum absolute atomic E-state index is 0.0217. The zero-order valence-electron chi connectivity index (χ0n) is 14.4. The molecule has 1 saturated carbocycles. The minimum atomic E-state index is -0.452. The minimum Gasteiger partial charge on any atom is -0.444 e. The van der Waals surface area contributed by atoms with Crippen LogP contribution in [0.5, 0.6) is 0 Å². The summed E-state index contributed by atoms with van der Waals surface area (Å²) in [6.07, 6.45) is 6.92. The highest BCUT2D eigenvalue weighted by Gasteiger charge is 2.42. The van der Waals surface area contributed by atoms with Crippen LogP contribution in [-0.4, -0.2) is 34.8 Å². The highest BCUT2D eigenvalue weighted by Crippen LogP contribution is 2.41. The van der Waals surface area contributed by atoms with Crippen LogP contribution in [0.3, 0.4) is 0 Å². The van der Waals surface area contributed by atoms with Gasteiger partial charge in [0.25, 0.3) is 0 Å². The molecule has 1 amide bonds. The molecule has 2 aliphatic rings. The second-order valence-corrected chi connectivity index (χ2v) is 7.83. The maximum atomic E-state index is 11.9. The van der Waals surface area contributed by atoms with Crippen molar-refractivity contribution in [1.29, 1.82) is 0 Å². The number of carbonyl (C=O) groups is 1. The van der Waals surface area contributed by atoms with E-state index in [4.69, 9.17) is 4.74 Å². The molecule has 0 radical (unpaired) electrons. The molecule has 0 bridgehead atoms. The third kappa shape index (κ3) is 3.68. The molecular weight excluding hydrogens is 292 g/mol. The fourth-order valence-corrected chi connectivity index (χ4v) is 3.92. The van der Waals surface area contributed by atoms with E-state index in [1.807, 2.05) is 27.1 Å². The fourth-order valence-electron chi connectivity index (χ4n) is 3.92. The molecule has 2 atom stereocenters. The summed E-state index contributed by atoms with van der Waals surface area (Å²) in [6, 6.07) is 0. The Hall–Kier alpha value is -1.56. The van der Waals surface area contributed by atoms with Gasteiger partial charge in [-0.3, -0.25) is 0 Å². The van der Waals surface area contributed by atoms with Gasteiger partial charge >= 0.3 is 6.09 Å². The lowest BCUT2D eigenvalue weighted by Gasteiger charge is -2.43. The third-order valence-corrected chi connectivity index (χ3v) is 4.80.